The standard InChI is InChI=1S/C11H8N2O5/c14-7-3-1-6(2-4-7)13-5-8(10(16)17)9(15)12-11(13)18/h1-5,14H,(H,16,17)(H,12,15,18). The second-order valence-corrected chi connectivity index (χ2v) is 3.49. The van der Waals surface area contributed by atoms with E-state index in [0.29, 0.717) is 5.69 Å². The second-order valence-electron chi connectivity index (χ2n) is 3.49. The van der Waals surface area contributed by atoms with Gasteiger partial charge in [-0.25, -0.2) is 9.59 Å². The van der Waals surface area contributed by atoms with E-state index in [-0.39, 0.29) is 5.75 Å². The number of aromatic hydroxyl groups is 1. The summed E-state index contributed by atoms with van der Waals surface area (Å²) >= 11 is 0. The minimum absolute atomic E-state index is 0.00896. The lowest BCUT2D eigenvalue weighted by atomic mass is 10.3. The molecule has 0 saturated heterocycles. The first-order valence-corrected chi connectivity index (χ1v) is 4.88. The third kappa shape index (κ3) is 2.01. The van der Waals surface area contributed by atoms with Crippen LogP contribution in [0.25, 0.3) is 5.69 Å². The number of benzene rings is 1. The number of rotatable bonds is 2. The molecule has 2 rings (SSSR count). The van der Waals surface area contributed by atoms with Gasteiger partial charge in [-0.2, -0.15) is 0 Å². The Kier molecular flexibility index (Phi) is 2.72. The number of hydrogen-bond donors (Lipinski definition) is 3. The van der Waals surface area contributed by atoms with E-state index in [1.807, 2.05) is 4.98 Å². The van der Waals surface area contributed by atoms with E-state index in [9.17, 15) is 14.4 Å². The largest absolute Gasteiger partial charge is 0.508 e. The van der Waals surface area contributed by atoms with Gasteiger partial charge in [-0.15, -0.1) is 0 Å². The van der Waals surface area contributed by atoms with Crippen molar-refractivity contribution in [3.8, 4) is 11.4 Å². The summed E-state index contributed by atoms with van der Waals surface area (Å²) in [6.45, 7) is 0. The van der Waals surface area contributed by atoms with Gasteiger partial charge in [0.25, 0.3) is 5.56 Å². The third-order valence-electron chi connectivity index (χ3n) is 2.30. The molecule has 0 aliphatic heterocycles. The van der Waals surface area contributed by atoms with Crippen LogP contribution in [0.2, 0.25) is 0 Å². The van der Waals surface area contributed by atoms with Gasteiger partial charge in [0.2, 0.25) is 0 Å². The number of nitrogens with one attached hydrogen (secondary N) is 1. The smallest absolute Gasteiger partial charge is 0.342 e. The molecule has 92 valence electrons. The molecule has 1 aromatic carbocycles. The van der Waals surface area contributed by atoms with E-state index in [0.717, 1.165) is 10.8 Å². The normalized spacial score (nSPS) is 10.2. The van der Waals surface area contributed by atoms with Crippen molar-refractivity contribution in [1.82, 2.24) is 9.55 Å². The molecular formula is C11H8N2O5. The highest BCUT2D eigenvalue weighted by Crippen LogP contribution is 2.11. The number of phenolic OH excluding ortho intramolecular Hbond substituents is 1. The van der Waals surface area contributed by atoms with Gasteiger partial charge in [0.05, 0.1) is 5.69 Å². The lowest BCUT2D eigenvalue weighted by Crippen LogP contribution is -2.32. The van der Waals surface area contributed by atoms with E-state index in [1.165, 1.54) is 24.3 Å². The lowest BCUT2D eigenvalue weighted by Gasteiger charge is -2.05. The fourth-order valence-corrected chi connectivity index (χ4v) is 1.43. The van der Waals surface area contributed by atoms with E-state index >= 15 is 0 Å². The maximum atomic E-state index is 11.6. The van der Waals surface area contributed by atoms with Crippen LogP contribution in [0.15, 0.2) is 40.1 Å². The molecule has 2 aromatic rings. The van der Waals surface area contributed by atoms with Gasteiger partial charge in [0, 0.05) is 6.20 Å². The second kappa shape index (κ2) is 4.21. The molecule has 0 bridgehead atoms. The van der Waals surface area contributed by atoms with Gasteiger partial charge in [0.1, 0.15) is 11.3 Å². The predicted molar refractivity (Wildman–Crippen MR) is 61.3 cm³/mol. The minimum Gasteiger partial charge on any atom is -0.508 e. The Morgan fingerprint density at radius 1 is 1.17 bits per heavy atom. The van der Waals surface area contributed by atoms with Crippen LogP contribution < -0.4 is 11.2 Å². The first-order valence-electron chi connectivity index (χ1n) is 4.88. The van der Waals surface area contributed by atoms with Crippen molar-refractivity contribution in [2.24, 2.45) is 0 Å². The Bertz CT molecular complexity index is 711. The van der Waals surface area contributed by atoms with Crippen LogP contribution in [0.5, 0.6) is 5.75 Å². The summed E-state index contributed by atoms with van der Waals surface area (Å²) in [6.07, 6.45) is 0.940. The Balaban J connectivity index is 2.68. The summed E-state index contributed by atoms with van der Waals surface area (Å²) in [6, 6.07) is 5.52. The van der Waals surface area contributed by atoms with Crippen LogP contribution in [0.4, 0.5) is 0 Å². The first-order chi connectivity index (χ1) is 8.49. The van der Waals surface area contributed by atoms with Gasteiger partial charge in [-0.3, -0.25) is 14.3 Å². The first kappa shape index (κ1) is 11.6. The van der Waals surface area contributed by atoms with Crippen molar-refractivity contribution in [2.75, 3.05) is 0 Å². The molecular weight excluding hydrogens is 240 g/mol. The number of carboxylic acids is 1. The van der Waals surface area contributed by atoms with Crippen molar-refractivity contribution in [2.45, 2.75) is 0 Å². The van der Waals surface area contributed by atoms with Crippen LogP contribution in [0.1, 0.15) is 10.4 Å². The zero-order valence-electron chi connectivity index (χ0n) is 8.95. The molecule has 0 spiro atoms. The molecule has 3 N–H and O–H groups in total. The maximum Gasteiger partial charge on any atom is 0.342 e. The van der Waals surface area contributed by atoms with Crippen molar-refractivity contribution in [3.05, 3.63) is 56.9 Å². The van der Waals surface area contributed by atoms with E-state index < -0.39 is 22.8 Å². The number of carboxylic acid groups (broad SMARTS) is 1. The summed E-state index contributed by atoms with van der Waals surface area (Å²) in [5.74, 6) is -1.42. The molecule has 0 aliphatic carbocycles. The average Bonchev–Trinajstić information content (AvgIpc) is 2.30. The average molecular weight is 248 g/mol. The number of aromatic carboxylic acids is 1. The zero-order chi connectivity index (χ0) is 13.3. The monoisotopic (exact) mass is 248 g/mol. The van der Waals surface area contributed by atoms with Gasteiger partial charge in [-0.05, 0) is 24.3 Å². The van der Waals surface area contributed by atoms with E-state index in [1.54, 1.807) is 0 Å². The summed E-state index contributed by atoms with van der Waals surface area (Å²) in [4.78, 5) is 35.5. The SMILES string of the molecule is O=C(O)c1cn(-c2ccc(O)cc2)c(=O)[nH]c1=O. The highest BCUT2D eigenvalue weighted by molar-refractivity contribution is 5.86. The molecule has 0 aliphatic rings. The van der Waals surface area contributed by atoms with E-state index in [2.05, 4.69) is 0 Å². The molecule has 0 atom stereocenters. The van der Waals surface area contributed by atoms with E-state index in [4.69, 9.17) is 10.2 Å². The van der Waals surface area contributed by atoms with Gasteiger partial charge >= 0.3 is 11.7 Å². The summed E-state index contributed by atoms with van der Waals surface area (Å²) < 4.78 is 0.976. The van der Waals surface area contributed by atoms with Gasteiger partial charge in [0.15, 0.2) is 0 Å². The molecule has 1 heterocycles. The Hall–Kier alpha value is -2.83. The van der Waals surface area contributed by atoms with Crippen LogP contribution in [0, 0.1) is 0 Å². The van der Waals surface area contributed by atoms with Crippen LogP contribution in [-0.4, -0.2) is 25.7 Å². The molecule has 1 aromatic heterocycles. The molecule has 0 amide bonds. The number of aromatic nitrogens is 2. The Morgan fingerprint density at radius 2 is 1.78 bits per heavy atom. The number of carbonyl (C=O) groups is 1. The third-order valence-corrected chi connectivity index (χ3v) is 2.30. The molecule has 0 radical (unpaired) electrons. The molecule has 0 unspecified atom stereocenters. The summed E-state index contributed by atoms with van der Waals surface area (Å²) in [5, 5.41) is 17.9. The number of hydrogen-bond acceptors (Lipinski definition) is 4. The molecule has 0 saturated carbocycles. The van der Waals surface area contributed by atoms with Crippen LogP contribution in [0.3, 0.4) is 0 Å². The number of nitrogens with zero attached hydrogens (tertiary/aromatic N) is 1. The molecule has 0 fully saturated rings. The Labute approximate surface area is 99.6 Å². The van der Waals surface area contributed by atoms with Gasteiger partial charge < -0.3 is 10.2 Å². The number of H-pyrrole nitrogens is 1. The van der Waals surface area contributed by atoms with Crippen LogP contribution in [-0.2, 0) is 0 Å². The van der Waals surface area contributed by atoms with Crippen molar-refractivity contribution >= 4 is 5.97 Å². The maximum absolute atomic E-state index is 11.6. The van der Waals surface area contributed by atoms with Crippen molar-refractivity contribution in [3.63, 3.8) is 0 Å². The number of phenols is 1. The topological polar surface area (TPSA) is 112 Å². The zero-order valence-corrected chi connectivity index (χ0v) is 8.95. The fourth-order valence-electron chi connectivity index (χ4n) is 1.43. The fraction of sp³-hybridized carbons (Fsp3) is 0. The van der Waals surface area contributed by atoms with Crippen molar-refractivity contribution in [1.29, 1.82) is 0 Å². The quantitative estimate of drug-likeness (QED) is 0.688. The molecule has 7 nitrogen and oxygen atoms in total. The highest BCUT2D eigenvalue weighted by Gasteiger charge is 2.12. The highest BCUT2D eigenvalue weighted by atomic mass is 16.4. The summed E-state index contributed by atoms with van der Waals surface area (Å²) in [7, 11) is 0. The van der Waals surface area contributed by atoms with Crippen molar-refractivity contribution < 1.29 is 15.0 Å². The summed E-state index contributed by atoms with van der Waals surface area (Å²) in [5.41, 5.74) is -1.92. The molecule has 7 heteroatoms. The molecule has 18 heavy (non-hydrogen) atoms. The van der Waals surface area contributed by atoms with Gasteiger partial charge in [-0.1, -0.05) is 0 Å². The van der Waals surface area contributed by atoms with Crippen LogP contribution >= 0.6 is 0 Å². The minimum atomic E-state index is -1.43. The lowest BCUT2D eigenvalue weighted by molar-refractivity contribution is 0.0694. The predicted octanol–water partition coefficient (Wildman–Crippen LogP) is -0.0704. The Morgan fingerprint density at radius 3 is 2.33 bits per heavy atom. The number of aromatic amines is 1.